The van der Waals surface area contributed by atoms with Gasteiger partial charge >= 0.3 is 0 Å². The fourth-order valence-corrected chi connectivity index (χ4v) is 3.47. The number of thioether (sulfide) groups is 1. The van der Waals surface area contributed by atoms with Crippen molar-refractivity contribution in [3.05, 3.63) is 28.2 Å². The molecule has 1 heterocycles. The minimum atomic E-state index is 0.700. The Morgan fingerprint density at radius 3 is 3.12 bits per heavy atom. The molecule has 2 nitrogen and oxygen atoms in total. The summed E-state index contributed by atoms with van der Waals surface area (Å²) in [6.45, 7) is 0.954. The third-order valence-electron chi connectivity index (χ3n) is 2.67. The summed E-state index contributed by atoms with van der Waals surface area (Å²) < 4.78 is 0.860. The van der Waals surface area contributed by atoms with Crippen LogP contribution in [-0.2, 0) is 0 Å². The van der Waals surface area contributed by atoms with Crippen molar-refractivity contribution in [2.24, 2.45) is 0 Å². The van der Waals surface area contributed by atoms with Crippen LogP contribution in [0.3, 0.4) is 0 Å². The molecule has 0 bridgehead atoms. The zero-order valence-electron chi connectivity index (χ0n) is 8.87. The average molecular weight is 297 g/mol. The Bertz CT molecular complexity index is 408. The van der Waals surface area contributed by atoms with Crippen LogP contribution in [-0.4, -0.2) is 17.5 Å². The Kier molecular flexibility index (Phi) is 4.14. The van der Waals surface area contributed by atoms with Crippen molar-refractivity contribution in [2.45, 2.75) is 18.1 Å². The van der Waals surface area contributed by atoms with E-state index in [1.165, 1.54) is 18.6 Å². The lowest BCUT2D eigenvalue weighted by Crippen LogP contribution is -2.14. The van der Waals surface area contributed by atoms with Crippen LogP contribution in [0, 0.1) is 11.3 Å². The number of nitrogens with zero attached hydrogens (tertiary/aromatic N) is 1. The van der Waals surface area contributed by atoms with Crippen molar-refractivity contribution >= 4 is 33.4 Å². The number of hydrogen-bond donors (Lipinski definition) is 1. The summed E-state index contributed by atoms with van der Waals surface area (Å²) in [5, 5.41) is 13.1. The second-order valence-electron chi connectivity index (χ2n) is 3.79. The van der Waals surface area contributed by atoms with E-state index < -0.39 is 0 Å². The second kappa shape index (κ2) is 5.60. The maximum absolute atomic E-state index is 9.07. The van der Waals surface area contributed by atoms with Gasteiger partial charge in [0.05, 0.1) is 11.3 Å². The summed E-state index contributed by atoms with van der Waals surface area (Å²) >= 11 is 5.42. The Balaban J connectivity index is 2.03. The molecule has 1 aliphatic rings. The molecular formula is C12H13BrN2S. The topological polar surface area (TPSA) is 35.8 Å². The number of benzene rings is 1. The fraction of sp³-hybridized carbons (Fsp3) is 0.417. The lowest BCUT2D eigenvalue weighted by atomic mass is 10.2. The van der Waals surface area contributed by atoms with E-state index in [9.17, 15) is 0 Å². The highest BCUT2D eigenvalue weighted by molar-refractivity contribution is 9.10. The molecule has 0 radical (unpaired) electrons. The predicted molar refractivity (Wildman–Crippen MR) is 72.8 cm³/mol. The van der Waals surface area contributed by atoms with Gasteiger partial charge in [-0.1, -0.05) is 6.07 Å². The summed E-state index contributed by atoms with van der Waals surface area (Å²) in [5.41, 5.74) is 1.63. The molecule has 1 fully saturated rings. The molecule has 84 valence electrons. The Hall–Kier alpha value is -0.660. The van der Waals surface area contributed by atoms with Crippen LogP contribution in [0.1, 0.15) is 18.4 Å². The highest BCUT2D eigenvalue weighted by atomic mass is 79.9. The third kappa shape index (κ3) is 2.72. The zero-order valence-corrected chi connectivity index (χ0v) is 11.3. The Labute approximate surface area is 109 Å². The first-order valence-corrected chi connectivity index (χ1v) is 7.19. The van der Waals surface area contributed by atoms with E-state index in [1.54, 1.807) is 0 Å². The van der Waals surface area contributed by atoms with Crippen LogP contribution in [0.15, 0.2) is 22.7 Å². The largest absolute Gasteiger partial charge is 0.383 e. The molecule has 1 N–H and O–H groups in total. The van der Waals surface area contributed by atoms with Gasteiger partial charge < -0.3 is 5.32 Å². The van der Waals surface area contributed by atoms with E-state index >= 15 is 0 Å². The minimum absolute atomic E-state index is 0.700. The van der Waals surface area contributed by atoms with Crippen molar-refractivity contribution in [3.63, 3.8) is 0 Å². The van der Waals surface area contributed by atoms with Crippen LogP contribution in [0.2, 0.25) is 0 Å². The van der Waals surface area contributed by atoms with Gasteiger partial charge in [-0.15, -0.1) is 0 Å². The summed E-state index contributed by atoms with van der Waals surface area (Å²) in [4.78, 5) is 0. The highest BCUT2D eigenvalue weighted by Crippen LogP contribution is 2.28. The molecule has 1 aromatic carbocycles. The van der Waals surface area contributed by atoms with E-state index in [-0.39, 0.29) is 0 Å². The highest BCUT2D eigenvalue weighted by Gasteiger charge is 2.15. The van der Waals surface area contributed by atoms with Gasteiger partial charge in [-0.25, -0.2) is 0 Å². The van der Waals surface area contributed by atoms with Gasteiger partial charge in [0.25, 0.3) is 0 Å². The smallest absolute Gasteiger partial charge is 0.103 e. The molecule has 0 spiro atoms. The van der Waals surface area contributed by atoms with Crippen LogP contribution >= 0.6 is 27.7 Å². The van der Waals surface area contributed by atoms with Gasteiger partial charge in [0.2, 0.25) is 0 Å². The normalized spacial score (nSPS) is 19.4. The molecule has 1 atom stereocenters. The van der Waals surface area contributed by atoms with E-state index in [4.69, 9.17) is 5.26 Å². The Morgan fingerprint density at radius 1 is 1.56 bits per heavy atom. The van der Waals surface area contributed by atoms with Crippen molar-refractivity contribution in [1.29, 1.82) is 5.26 Å². The van der Waals surface area contributed by atoms with Gasteiger partial charge in [-0.2, -0.15) is 17.0 Å². The van der Waals surface area contributed by atoms with E-state index in [0.29, 0.717) is 10.8 Å². The number of anilines is 1. The van der Waals surface area contributed by atoms with Crippen molar-refractivity contribution in [1.82, 2.24) is 0 Å². The van der Waals surface area contributed by atoms with Gasteiger partial charge in [-0.3, -0.25) is 0 Å². The molecule has 16 heavy (non-hydrogen) atoms. The minimum Gasteiger partial charge on any atom is -0.383 e. The summed E-state index contributed by atoms with van der Waals surface area (Å²) in [6.07, 6.45) is 2.61. The van der Waals surface area contributed by atoms with Gasteiger partial charge in [-0.05, 0) is 46.7 Å². The first-order valence-electron chi connectivity index (χ1n) is 5.35. The SMILES string of the molecule is N#Cc1c(Br)cccc1NCC1CCCS1. The average Bonchev–Trinajstić information content (AvgIpc) is 2.79. The number of halogens is 1. The molecule has 1 aliphatic heterocycles. The quantitative estimate of drug-likeness (QED) is 0.925. The summed E-state index contributed by atoms with van der Waals surface area (Å²) in [7, 11) is 0. The number of hydrogen-bond acceptors (Lipinski definition) is 3. The zero-order chi connectivity index (χ0) is 11.4. The molecule has 1 unspecified atom stereocenters. The molecular weight excluding hydrogens is 284 g/mol. The summed E-state index contributed by atoms with van der Waals surface area (Å²) in [5.74, 6) is 1.27. The summed E-state index contributed by atoms with van der Waals surface area (Å²) in [6, 6.07) is 8.03. The standard InChI is InChI=1S/C12H13BrN2S/c13-11-4-1-5-12(10(11)7-14)15-8-9-3-2-6-16-9/h1,4-5,9,15H,2-3,6,8H2. The number of rotatable bonds is 3. The molecule has 0 aromatic heterocycles. The predicted octanol–water partition coefficient (Wildman–Crippen LogP) is 3.63. The van der Waals surface area contributed by atoms with Crippen molar-refractivity contribution < 1.29 is 0 Å². The van der Waals surface area contributed by atoms with Crippen LogP contribution in [0.25, 0.3) is 0 Å². The van der Waals surface area contributed by atoms with Crippen molar-refractivity contribution in [3.8, 4) is 6.07 Å². The first-order chi connectivity index (χ1) is 7.81. The van der Waals surface area contributed by atoms with E-state index in [0.717, 1.165) is 16.7 Å². The van der Waals surface area contributed by atoms with E-state index in [1.807, 2.05) is 30.0 Å². The monoisotopic (exact) mass is 296 g/mol. The van der Waals surface area contributed by atoms with Crippen LogP contribution < -0.4 is 5.32 Å². The Morgan fingerprint density at radius 2 is 2.44 bits per heavy atom. The lowest BCUT2D eigenvalue weighted by Gasteiger charge is -2.12. The molecule has 1 saturated heterocycles. The first kappa shape index (κ1) is 11.8. The third-order valence-corrected chi connectivity index (χ3v) is 4.73. The molecule has 4 heteroatoms. The van der Waals surface area contributed by atoms with Crippen LogP contribution in [0.4, 0.5) is 5.69 Å². The van der Waals surface area contributed by atoms with Gasteiger partial charge in [0, 0.05) is 16.3 Å². The molecule has 0 aliphatic carbocycles. The maximum Gasteiger partial charge on any atom is 0.103 e. The van der Waals surface area contributed by atoms with Crippen LogP contribution in [0.5, 0.6) is 0 Å². The molecule has 2 rings (SSSR count). The number of nitrogens with one attached hydrogen (secondary N) is 1. The molecule has 0 saturated carbocycles. The number of nitriles is 1. The second-order valence-corrected chi connectivity index (χ2v) is 6.05. The maximum atomic E-state index is 9.07. The van der Waals surface area contributed by atoms with Gasteiger partial charge in [0.1, 0.15) is 6.07 Å². The molecule has 0 amide bonds. The van der Waals surface area contributed by atoms with Crippen molar-refractivity contribution in [2.75, 3.05) is 17.6 Å². The lowest BCUT2D eigenvalue weighted by molar-refractivity contribution is 0.805. The van der Waals surface area contributed by atoms with E-state index in [2.05, 4.69) is 27.3 Å². The fourth-order valence-electron chi connectivity index (χ4n) is 1.81. The molecule has 1 aromatic rings. The van der Waals surface area contributed by atoms with Gasteiger partial charge in [0.15, 0.2) is 0 Å².